The Morgan fingerprint density at radius 2 is 1.87 bits per heavy atom. The minimum absolute atomic E-state index is 0.0276. The topological polar surface area (TPSA) is 77.3 Å². The first-order valence-corrected chi connectivity index (χ1v) is 6.80. The number of carbonyl (C=O) groups excluding carboxylic acids is 1. The Morgan fingerprint density at radius 3 is 2.61 bits per heavy atom. The summed E-state index contributed by atoms with van der Waals surface area (Å²) in [4.78, 5) is 15.8. The molecule has 1 aromatic heterocycles. The standard InChI is InChI=1S/C16H12FN3O3/c17-12-8-6-11(7-9-12)15-19-14(23-20-15)10-18-16(21)22-13-4-2-1-3-5-13/h1-9H,10H2,(H,18,21). The summed E-state index contributed by atoms with van der Waals surface area (Å²) < 4.78 is 23.0. The third-order valence-corrected chi connectivity index (χ3v) is 2.91. The van der Waals surface area contributed by atoms with Gasteiger partial charge in [0.05, 0.1) is 0 Å². The SMILES string of the molecule is O=C(NCc1nc(-c2ccc(F)cc2)no1)Oc1ccccc1. The van der Waals surface area contributed by atoms with Crippen molar-refractivity contribution in [3.05, 3.63) is 66.3 Å². The number of carbonyl (C=O) groups is 1. The van der Waals surface area contributed by atoms with E-state index in [0.29, 0.717) is 17.1 Å². The molecule has 0 bridgehead atoms. The van der Waals surface area contributed by atoms with E-state index in [1.807, 2.05) is 6.07 Å². The zero-order valence-corrected chi connectivity index (χ0v) is 11.9. The largest absolute Gasteiger partial charge is 0.413 e. The number of ether oxygens (including phenoxy) is 1. The number of rotatable bonds is 4. The van der Waals surface area contributed by atoms with Crippen LogP contribution in [0.25, 0.3) is 11.4 Å². The van der Waals surface area contributed by atoms with E-state index in [1.165, 1.54) is 12.1 Å². The fraction of sp³-hybridized carbons (Fsp3) is 0.0625. The highest BCUT2D eigenvalue weighted by atomic mass is 19.1. The van der Waals surface area contributed by atoms with E-state index in [4.69, 9.17) is 9.26 Å². The van der Waals surface area contributed by atoms with Gasteiger partial charge in [0.25, 0.3) is 0 Å². The molecule has 0 radical (unpaired) electrons. The van der Waals surface area contributed by atoms with Gasteiger partial charge < -0.3 is 14.6 Å². The van der Waals surface area contributed by atoms with Crippen LogP contribution in [-0.4, -0.2) is 16.2 Å². The second-order valence-corrected chi connectivity index (χ2v) is 4.57. The maximum Gasteiger partial charge on any atom is 0.413 e. The van der Waals surface area contributed by atoms with Gasteiger partial charge in [-0.25, -0.2) is 9.18 Å². The van der Waals surface area contributed by atoms with Gasteiger partial charge in [-0.05, 0) is 36.4 Å². The zero-order chi connectivity index (χ0) is 16.1. The van der Waals surface area contributed by atoms with Gasteiger partial charge in [0.15, 0.2) is 0 Å². The Kier molecular flexibility index (Phi) is 4.28. The molecular formula is C16H12FN3O3. The number of halogens is 1. The molecule has 1 N–H and O–H groups in total. The summed E-state index contributed by atoms with van der Waals surface area (Å²) in [6, 6.07) is 14.4. The average molecular weight is 313 g/mol. The molecule has 23 heavy (non-hydrogen) atoms. The Labute approximate surface area is 130 Å². The molecule has 116 valence electrons. The summed E-state index contributed by atoms with van der Waals surface area (Å²) >= 11 is 0. The van der Waals surface area contributed by atoms with E-state index in [2.05, 4.69) is 15.5 Å². The first-order valence-electron chi connectivity index (χ1n) is 6.80. The molecule has 0 atom stereocenters. The lowest BCUT2D eigenvalue weighted by molar-refractivity contribution is 0.198. The Hall–Kier alpha value is -3.22. The van der Waals surface area contributed by atoms with Crippen LogP contribution in [-0.2, 0) is 6.54 Å². The van der Waals surface area contributed by atoms with E-state index in [-0.39, 0.29) is 18.3 Å². The summed E-state index contributed by atoms with van der Waals surface area (Å²) in [5.74, 6) is 0.623. The highest BCUT2D eigenvalue weighted by Gasteiger charge is 2.11. The van der Waals surface area contributed by atoms with Gasteiger partial charge in [-0.1, -0.05) is 23.4 Å². The van der Waals surface area contributed by atoms with E-state index in [1.54, 1.807) is 36.4 Å². The Balaban J connectivity index is 1.57. The van der Waals surface area contributed by atoms with Crippen molar-refractivity contribution >= 4 is 6.09 Å². The average Bonchev–Trinajstić information content (AvgIpc) is 3.04. The minimum atomic E-state index is -0.627. The lowest BCUT2D eigenvalue weighted by atomic mass is 10.2. The highest BCUT2D eigenvalue weighted by Crippen LogP contribution is 2.16. The summed E-state index contributed by atoms with van der Waals surface area (Å²) in [5, 5.41) is 6.28. The van der Waals surface area contributed by atoms with Crippen LogP contribution in [0.15, 0.2) is 59.1 Å². The van der Waals surface area contributed by atoms with Crippen molar-refractivity contribution in [2.45, 2.75) is 6.54 Å². The Morgan fingerprint density at radius 1 is 1.13 bits per heavy atom. The van der Waals surface area contributed by atoms with Crippen molar-refractivity contribution in [2.75, 3.05) is 0 Å². The van der Waals surface area contributed by atoms with Gasteiger partial charge in [0.2, 0.25) is 11.7 Å². The first-order chi connectivity index (χ1) is 11.2. The maximum absolute atomic E-state index is 12.9. The van der Waals surface area contributed by atoms with Crippen molar-refractivity contribution in [3.8, 4) is 17.1 Å². The molecule has 1 heterocycles. The second-order valence-electron chi connectivity index (χ2n) is 4.57. The summed E-state index contributed by atoms with van der Waals surface area (Å²) in [6.07, 6.45) is -0.627. The van der Waals surface area contributed by atoms with Crippen molar-refractivity contribution in [1.82, 2.24) is 15.5 Å². The number of hydrogen-bond acceptors (Lipinski definition) is 5. The molecule has 3 aromatic rings. The monoisotopic (exact) mass is 313 g/mol. The molecular weight excluding hydrogens is 301 g/mol. The van der Waals surface area contributed by atoms with Crippen LogP contribution in [0.2, 0.25) is 0 Å². The minimum Gasteiger partial charge on any atom is -0.410 e. The number of nitrogens with zero attached hydrogens (tertiary/aromatic N) is 2. The van der Waals surface area contributed by atoms with Crippen LogP contribution in [0.1, 0.15) is 5.89 Å². The number of hydrogen-bond donors (Lipinski definition) is 1. The number of aromatic nitrogens is 2. The van der Waals surface area contributed by atoms with Gasteiger partial charge in [-0.15, -0.1) is 0 Å². The lowest BCUT2D eigenvalue weighted by Gasteiger charge is -2.03. The Bertz CT molecular complexity index is 788. The van der Waals surface area contributed by atoms with Crippen LogP contribution in [0.4, 0.5) is 9.18 Å². The zero-order valence-electron chi connectivity index (χ0n) is 11.9. The molecule has 0 saturated heterocycles. The van der Waals surface area contributed by atoms with Gasteiger partial charge >= 0.3 is 6.09 Å². The quantitative estimate of drug-likeness (QED) is 0.800. The number of benzene rings is 2. The summed E-state index contributed by atoms with van der Waals surface area (Å²) in [5.41, 5.74) is 0.619. The van der Waals surface area contributed by atoms with Gasteiger partial charge in [0, 0.05) is 5.56 Å². The van der Waals surface area contributed by atoms with E-state index < -0.39 is 6.09 Å². The fourth-order valence-corrected chi connectivity index (χ4v) is 1.82. The first kappa shape index (κ1) is 14.7. The van der Waals surface area contributed by atoms with Gasteiger partial charge in [-0.2, -0.15) is 4.98 Å². The molecule has 0 saturated carbocycles. The summed E-state index contributed by atoms with van der Waals surface area (Å²) in [6.45, 7) is 0.0276. The summed E-state index contributed by atoms with van der Waals surface area (Å²) in [7, 11) is 0. The highest BCUT2D eigenvalue weighted by molar-refractivity contribution is 5.70. The molecule has 7 heteroatoms. The van der Waals surface area contributed by atoms with Crippen molar-refractivity contribution in [2.24, 2.45) is 0 Å². The fourth-order valence-electron chi connectivity index (χ4n) is 1.82. The van der Waals surface area contributed by atoms with Crippen molar-refractivity contribution in [1.29, 1.82) is 0 Å². The van der Waals surface area contributed by atoms with Crippen LogP contribution >= 0.6 is 0 Å². The van der Waals surface area contributed by atoms with E-state index >= 15 is 0 Å². The van der Waals surface area contributed by atoms with Crippen molar-refractivity contribution < 1.29 is 18.4 Å². The molecule has 2 aromatic carbocycles. The number of amides is 1. The normalized spacial score (nSPS) is 10.3. The molecule has 0 unspecified atom stereocenters. The third-order valence-electron chi connectivity index (χ3n) is 2.91. The second kappa shape index (κ2) is 6.69. The third kappa shape index (κ3) is 3.91. The molecule has 0 fully saturated rings. The van der Waals surface area contributed by atoms with Crippen LogP contribution in [0.5, 0.6) is 5.75 Å². The molecule has 0 aliphatic heterocycles. The molecule has 1 amide bonds. The molecule has 0 spiro atoms. The number of nitrogens with one attached hydrogen (secondary N) is 1. The van der Waals surface area contributed by atoms with Gasteiger partial charge in [0.1, 0.15) is 18.1 Å². The number of para-hydroxylation sites is 1. The molecule has 0 aliphatic carbocycles. The molecule has 0 aliphatic rings. The van der Waals surface area contributed by atoms with Crippen LogP contribution in [0.3, 0.4) is 0 Å². The van der Waals surface area contributed by atoms with Gasteiger partial charge in [-0.3, -0.25) is 0 Å². The van der Waals surface area contributed by atoms with Crippen LogP contribution in [0, 0.1) is 5.82 Å². The molecule has 3 rings (SSSR count). The smallest absolute Gasteiger partial charge is 0.410 e. The lowest BCUT2D eigenvalue weighted by Crippen LogP contribution is -2.26. The predicted octanol–water partition coefficient (Wildman–Crippen LogP) is 3.16. The van der Waals surface area contributed by atoms with Crippen molar-refractivity contribution in [3.63, 3.8) is 0 Å². The maximum atomic E-state index is 12.9. The predicted molar refractivity (Wildman–Crippen MR) is 79.0 cm³/mol. The molecule has 6 nitrogen and oxygen atoms in total. The van der Waals surface area contributed by atoms with E-state index in [0.717, 1.165) is 0 Å². The van der Waals surface area contributed by atoms with Crippen LogP contribution < -0.4 is 10.1 Å². The van der Waals surface area contributed by atoms with E-state index in [9.17, 15) is 9.18 Å².